The van der Waals surface area contributed by atoms with Crippen LogP contribution in [0.1, 0.15) is 93.4 Å². The minimum Gasteiger partial charge on any atom is -0.436 e. The van der Waals surface area contributed by atoms with Crippen molar-refractivity contribution in [1.29, 1.82) is 0 Å². The van der Waals surface area contributed by atoms with Crippen LogP contribution < -0.4 is 0 Å². The first-order valence-electron chi connectivity index (χ1n) is 9.13. The quantitative estimate of drug-likeness (QED) is 0.362. The van der Waals surface area contributed by atoms with E-state index < -0.39 is 6.29 Å². The average Bonchev–Trinajstić information content (AvgIpc) is 2.42. The molecule has 0 heterocycles. The molecule has 0 saturated carbocycles. The summed E-state index contributed by atoms with van der Waals surface area (Å²) < 4.78 is 11.9. The van der Waals surface area contributed by atoms with E-state index in [4.69, 9.17) is 9.47 Å². The van der Waals surface area contributed by atoms with Crippen molar-refractivity contribution in [3.05, 3.63) is 0 Å². The van der Waals surface area contributed by atoms with Crippen molar-refractivity contribution in [1.82, 2.24) is 0 Å². The molecule has 22 heavy (non-hydrogen) atoms. The second-order valence-corrected chi connectivity index (χ2v) is 7.48. The van der Waals surface area contributed by atoms with Gasteiger partial charge in [0.05, 0.1) is 12.0 Å². The maximum Gasteiger partial charge on any atom is 0.311 e. The van der Waals surface area contributed by atoms with E-state index in [9.17, 15) is 4.79 Å². The summed E-state index contributed by atoms with van der Waals surface area (Å²) >= 11 is 0. The molecule has 0 amide bonds. The largest absolute Gasteiger partial charge is 0.436 e. The first-order valence-corrected chi connectivity index (χ1v) is 9.13. The summed E-state index contributed by atoms with van der Waals surface area (Å²) in [6, 6.07) is 0. The molecular weight excluding hydrogens is 276 g/mol. The van der Waals surface area contributed by atoms with E-state index in [1.54, 1.807) is 0 Å². The van der Waals surface area contributed by atoms with E-state index in [0.29, 0.717) is 0 Å². The summed E-state index contributed by atoms with van der Waals surface area (Å²) in [6.45, 7) is 14.9. The molecule has 0 aromatic heterocycles. The second kappa shape index (κ2) is 11.0. The van der Waals surface area contributed by atoms with E-state index in [1.165, 1.54) is 0 Å². The molecule has 0 aromatic carbocycles. The molecule has 0 rings (SSSR count). The molecule has 0 N–H and O–H groups in total. The molecule has 0 fully saturated rings. The molecule has 0 aliphatic heterocycles. The van der Waals surface area contributed by atoms with Gasteiger partial charge in [-0.25, -0.2) is 0 Å². The third kappa shape index (κ3) is 9.45. The molecule has 3 atom stereocenters. The Hall–Kier alpha value is -0.570. The Bertz CT molecular complexity index is 294. The molecule has 3 nitrogen and oxygen atoms in total. The van der Waals surface area contributed by atoms with Crippen molar-refractivity contribution in [2.45, 2.75) is 106 Å². The first kappa shape index (κ1) is 21.4. The minimum atomic E-state index is -0.421. The lowest BCUT2D eigenvalue weighted by Crippen LogP contribution is -2.32. The molecule has 3 heteroatoms. The van der Waals surface area contributed by atoms with Gasteiger partial charge in [-0.05, 0) is 31.1 Å². The highest BCUT2D eigenvalue weighted by Gasteiger charge is 2.27. The lowest BCUT2D eigenvalue weighted by Gasteiger charge is -2.30. The van der Waals surface area contributed by atoms with Gasteiger partial charge in [-0.2, -0.15) is 0 Å². The molecule has 0 aliphatic rings. The van der Waals surface area contributed by atoms with Gasteiger partial charge in [0.25, 0.3) is 0 Å². The van der Waals surface area contributed by atoms with E-state index >= 15 is 0 Å². The number of esters is 1. The number of carbonyl (C=O) groups is 1. The number of rotatable bonds is 11. The van der Waals surface area contributed by atoms with Crippen LogP contribution in [0.5, 0.6) is 0 Å². The summed E-state index contributed by atoms with van der Waals surface area (Å²) in [7, 11) is 0. The van der Waals surface area contributed by atoms with Gasteiger partial charge in [0.2, 0.25) is 6.29 Å². The van der Waals surface area contributed by atoms with Crippen molar-refractivity contribution < 1.29 is 14.3 Å². The Balaban J connectivity index is 4.80. The average molecular weight is 315 g/mol. The van der Waals surface area contributed by atoms with E-state index in [1.807, 2.05) is 6.92 Å². The summed E-state index contributed by atoms with van der Waals surface area (Å²) in [6.07, 6.45) is 6.28. The Morgan fingerprint density at radius 3 is 1.95 bits per heavy atom. The standard InChI is InChI=1S/C19H38O3/c1-8-12-15(10-3)18(20)22-17(14-19(5,6)7)21-16(11-4)13-9-2/h15-17H,8-14H2,1-7H3. The summed E-state index contributed by atoms with van der Waals surface area (Å²) in [5.41, 5.74) is 0.0713. The van der Waals surface area contributed by atoms with E-state index in [2.05, 4.69) is 41.5 Å². The van der Waals surface area contributed by atoms with Crippen LogP contribution in [-0.4, -0.2) is 18.4 Å². The summed E-state index contributed by atoms with van der Waals surface area (Å²) in [5.74, 6) is -0.0905. The maximum absolute atomic E-state index is 12.4. The lowest BCUT2D eigenvalue weighted by molar-refractivity contribution is -0.202. The van der Waals surface area contributed by atoms with Gasteiger partial charge in [0.15, 0.2) is 0 Å². The second-order valence-electron chi connectivity index (χ2n) is 7.48. The zero-order valence-corrected chi connectivity index (χ0v) is 15.9. The van der Waals surface area contributed by atoms with Gasteiger partial charge in [0.1, 0.15) is 0 Å². The van der Waals surface area contributed by atoms with E-state index in [-0.39, 0.29) is 23.4 Å². The highest BCUT2D eigenvalue weighted by molar-refractivity contribution is 5.72. The SMILES string of the molecule is CCCC(CC)OC(CC(C)(C)C)OC(=O)C(CC)CCC. The monoisotopic (exact) mass is 314 g/mol. The predicted octanol–water partition coefficient (Wildman–Crippen LogP) is 5.71. The van der Waals surface area contributed by atoms with Gasteiger partial charge in [-0.1, -0.05) is 61.3 Å². The first-order chi connectivity index (χ1) is 10.3. The van der Waals surface area contributed by atoms with Crippen LogP contribution in [0.4, 0.5) is 0 Å². The van der Waals surface area contributed by atoms with Crippen LogP contribution >= 0.6 is 0 Å². The van der Waals surface area contributed by atoms with Crippen LogP contribution in [0.25, 0.3) is 0 Å². The third-order valence-electron chi connectivity index (χ3n) is 3.90. The van der Waals surface area contributed by atoms with Gasteiger partial charge in [-0.15, -0.1) is 0 Å². The lowest BCUT2D eigenvalue weighted by atomic mass is 9.92. The number of carbonyl (C=O) groups excluding carboxylic acids is 1. The van der Waals surface area contributed by atoms with Crippen molar-refractivity contribution in [2.75, 3.05) is 0 Å². The Morgan fingerprint density at radius 2 is 1.55 bits per heavy atom. The Labute approximate surface area is 138 Å². The van der Waals surface area contributed by atoms with Gasteiger partial charge < -0.3 is 9.47 Å². The number of hydrogen-bond donors (Lipinski definition) is 0. The molecule has 0 saturated heterocycles. The normalized spacial score (nSPS) is 16.1. The number of hydrogen-bond acceptors (Lipinski definition) is 3. The Kier molecular flexibility index (Phi) is 10.8. The molecule has 0 bridgehead atoms. The van der Waals surface area contributed by atoms with Crippen LogP contribution in [0, 0.1) is 11.3 Å². The predicted molar refractivity (Wildman–Crippen MR) is 92.7 cm³/mol. The number of ether oxygens (including phenoxy) is 2. The fourth-order valence-corrected chi connectivity index (χ4v) is 2.59. The van der Waals surface area contributed by atoms with Crippen molar-refractivity contribution in [3.8, 4) is 0 Å². The van der Waals surface area contributed by atoms with Crippen molar-refractivity contribution >= 4 is 5.97 Å². The van der Waals surface area contributed by atoms with Crippen LogP contribution in [0.15, 0.2) is 0 Å². The highest BCUT2D eigenvalue weighted by Crippen LogP contribution is 2.26. The van der Waals surface area contributed by atoms with E-state index in [0.717, 1.165) is 44.9 Å². The molecule has 132 valence electrons. The summed E-state index contributed by atoms with van der Waals surface area (Å²) in [4.78, 5) is 12.4. The molecule has 0 aliphatic carbocycles. The summed E-state index contributed by atoms with van der Waals surface area (Å²) in [5, 5.41) is 0. The van der Waals surface area contributed by atoms with Gasteiger partial charge >= 0.3 is 5.97 Å². The smallest absolute Gasteiger partial charge is 0.311 e. The fourth-order valence-electron chi connectivity index (χ4n) is 2.59. The molecule has 0 spiro atoms. The van der Waals surface area contributed by atoms with Crippen LogP contribution in [-0.2, 0) is 14.3 Å². The molecular formula is C19H38O3. The van der Waals surface area contributed by atoms with Crippen LogP contribution in [0.2, 0.25) is 0 Å². The molecule has 0 radical (unpaired) electrons. The topological polar surface area (TPSA) is 35.5 Å². The van der Waals surface area contributed by atoms with Gasteiger partial charge in [0, 0.05) is 6.42 Å². The fraction of sp³-hybridized carbons (Fsp3) is 0.947. The molecule has 3 unspecified atom stereocenters. The van der Waals surface area contributed by atoms with Crippen molar-refractivity contribution in [2.24, 2.45) is 11.3 Å². The molecule has 0 aromatic rings. The Morgan fingerprint density at radius 1 is 0.955 bits per heavy atom. The van der Waals surface area contributed by atoms with Gasteiger partial charge in [-0.3, -0.25) is 4.79 Å². The zero-order valence-electron chi connectivity index (χ0n) is 15.9. The zero-order chi connectivity index (χ0) is 17.2. The highest BCUT2D eigenvalue weighted by atomic mass is 16.7. The maximum atomic E-state index is 12.4. The third-order valence-corrected chi connectivity index (χ3v) is 3.90. The van der Waals surface area contributed by atoms with Crippen molar-refractivity contribution in [3.63, 3.8) is 0 Å². The minimum absolute atomic E-state index is 0.00215. The van der Waals surface area contributed by atoms with Crippen LogP contribution in [0.3, 0.4) is 0 Å².